The van der Waals surface area contributed by atoms with Gasteiger partial charge in [-0.3, -0.25) is 4.68 Å². The molecule has 0 aliphatic carbocycles. The molecule has 1 heterocycles. The number of aryl methyl sites for hydroxylation is 1. The van der Waals surface area contributed by atoms with Crippen molar-refractivity contribution in [3.63, 3.8) is 0 Å². The fourth-order valence-corrected chi connectivity index (χ4v) is 1.40. The third kappa shape index (κ3) is 2.58. The molecule has 0 unspecified atom stereocenters. The van der Waals surface area contributed by atoms with E-state index < -0.39 is 0 Å². The predicted molar refractivity (Wildman–Crippen MR) is 63.8 cm³/mol. The van der Waals surface area contributed by atoms with Gasteiger partial charge >= 0.3 is 0 Å². The Hall–Kier alpha value is -1.32. The van der Waals surface area contributed by atoms with Crippen LogP contribution in [-0.2, 0) is 13.6 Å². The number of nitrogens with two attached hydrogens (primary N) is 1. The van der Waals surface area contributed by atoms with E-state index >= 15 is 0 Å². The highest BCUT2D eigenvalue weighted by Crippen LogP contribution is 2.18. The Bertz CT molecular complexity index is 420. The lowest BCUT2D eigenvalue weighted by molar-refractivity contribution is 0.768. The summed E-state index contributed by atoms with van der Waals surface area (Å²) in [5, 5.41) is 4.13. The topological polar surface area (TPSA) is 43.8 Å². The molecule has 3 nitrogen and oxygen atoms in total. The fourth-order valence-electron chi connectivity index (χ4n) is 1.40. The molecule has 2 N–H and O–H groups in total. The van der Waals surface area contributed by atoms with Gasteiger partial charge < -0.3 is 5.73 Å². The second-order valence-corrected chi connectivity index (χ2v) is 3.30. The average molecular weight is 224 g/mol. The van der Waals surface area contributed by atoms with Crippen molar-refractivity contribution in [2.45, 2.75) is 6.54 Å². The van der Waals surface area contributed by atoms with E-state index in [1.807, 2.05) is 31.6 Å². The van der Waals surface area contributed by atoms with Crippen LogP contribution in [0, 0.1) is 0 Å². The van der Waals surface area contributed by atoms with Gasteiger partial charge in [-0.05, 0) is 11.1 Å². The summed E-state index contributed by atoms with van der Waals surface area (Å²) in [5.41, 5.74) is 8.99. The second kappa shape index (κ2) is 4.96. The number of hydrogen-bond acceptors (Lipinski definition) is 2. The Kier molecular flexibility index (Phi) is 3.88. The van der Waals surface area contributed by atoms with Gasteiger partial charge in [-0.25, -0.2) is 0 Å². The molecule has 0 atom stereocenters. The number of rotatable bonds is 2. The SMILES string of the molecule is Cl.Cn1cc(-c2ccc(CN)cc2)cn1. The smallest absolute Gasteiger partial charge is 0.0568 e. The van der Waals surface area contributed by atoms with Gasteiger partial charge in [0.2, 0.25) is 0 Å². The number of benzene rings is 1. The monoisotopic (exact) mass is 223 g/mol. The fraction of sp³-hybridized carbons (Fsp3) is 0.182. The summed E-state index contributed by atoms with van der Waals surface area (Å²) in [7, 11) is 1.91. The minimum atomic E-state index is 0. The molecule has 2 aromatic rings. The van der Waals surface area contributed by atoms with E-state index in [1.165, 1.54) is 5.56 Å². The van der Waals surface area contributed by atoms with E-state index in [9.17, 15) is 0 Å². The number of aromatic nitrogens is 2. The Morgan fingerprint density at radius 2 is 1.87 bits per heavy atom. The van der Waals surface area contributed by atoms with Gasteiger partial charge in [0.25, 0.3) is 0 Å². The minimum Gasteiger partial charge on any atom is -0.326 e. The van der Waals surface area contributed by atoms with Gasteiger partial charge in [0.1, 0.15) is 0 Å². The van der Waals surface area contributed by atoms with Crippen molar-refractivity contribution in [3.8, 4) is 11.1 Å². The third-order valence-electron chi connectivity index (χ3n) is 2.23. The molecule has 0 saturated carbocycles. The summed E-state index contributed by atoms with van der Waals surface area (Å²) in [6.45, 7) is 0.591. The van der Waals surface area contributed by atoms with E-state index in [2.05, 4.69) is 17.2 Å². The summed E-state index contributed by atoms with van der Waals surface area (Å²) < 4.78 is 1.80. The minimum absolute atomic E-state index is 0. The Morgan fingerprint density at radius 1 is 1.20 bits per heavy atom. The van der Waals surface area contributed by atoms with Crippen LogP contribution in [0.15, 0.2) is 36.7 Å². The van der Waals surface area contributed by atoms with Crippen molar-refractivity contribution in [2.75, 3.05) is 0 Å². The molecule has 1 aromatic carbocycles. The molecule has 0 fully saturated rings. The molecule has 0 aliphatic rings. The summed E-state index contributed by atoms with van der Waals surface area (Å²) in [6.07, 6.45) is 3.86. The molecule has 0 aliphatic heterocycles. The van der Waals surface area contributed by atoms with Gasteiger partial charge in [-0.1, -0.05) is 24.3 Å². The molecule has 0 spiro atoms. The first-order valence-electron chi connectivity index (χ1n) is 4.57. The van der Waals surface area contributed by atoms with Crippen LogP contribution >= 0.6 is 12.4 Å². The van der Waals surface area contributed by atoms with Crippen LogP contribution in [0.2, 0.25) is 0 Å². The summed E-state index contributed by atoms with van der Waals surface area (Å²) in [6, 6.07) is 8.23. The predicted octanol–water partition coefficient (Wildman–Crippen LogP) is 1.97. The summed E-state index contributed by atoms with van der Waals surface area (Å²) in [4.78, 5) is 0. The highest BCUT2D eigenvalue weighted by atomic mass is 35.5. The zero-order valence-electron chi connectivity index (χ0n) is 8.55. The zero-order chi connectivity index (χ0) is 9.97. The Labute approximate surface area is 95.3 Å². The largest absolute Gasteiger partial charge is 0.326 e. The summed E-state index contributed by atoms with van der Waals surface area (Å²) >= 11 is 0. The van der Waals surface area contributed by atoms with Crippen LogP contribution in [0.25, 0.3) is 11.1 Å². The van der Waals surface area contributed by atoms with Gasteiger partial charge in [0.15, 0.2) is 0 Å². The molecular weight excluding hydrogens is 210 g/mol. The first kappa shape index (κ1) is 11.8. The number of hydrogen-bond donors (Lipinski definition) is 1. The van der Waals surface area contributed by atoms with Crippen molar-refractivity contribution in [1.82, 2.24) is 9.78 Å². The van der Waals surface area contributed by atoms with E-state index in [0.717, 1.165) is 11.1 Å². The molecule has 1 aromatic heterocycles. The molecule has 0 amide bonds. The lowest BCUT2D eigenvalue weighted by Gasteiger charge is -1.99. The van der Waals surface area contributed by atoms with Crippen molar-refractivity contribution >= 4 is 12.4 Å². The number of nitrogens with zero attached hydrogens (tertiary/aromatic N) is 2. The molecule has 0 bridgehead atoms. The van der Waals surface area contributed by atoms with Crippen molar-refractivity contribution in [2.24, 2.45) is 12.8 Å². The maximum Gasteiger partial charge on any atom is 0.0568 e. The Morgan fingerprint density at radius 3 is 2.33 bits per heavy atom. The van der Waals surface area contributed by atoms with Crippen LogP contribution in [-0.4, -0.2) is 9.78 Å². The van der Waals surface area contributed by atoms with E-state index in [0.29, 0.717) is 6.54 Å². The van der Waals surface area contributed by atoms with Crippen LogP contribution in [0.5, 0.6) is 0 Å². The molecule has 0 radical (unpaired) electrons. The molecule has 15 heavy (non-hydrogen) atoms. The standard InChI is InChI=1S/C11H13N3.ClH/c1-14-8-11(7-13-14)10-4-2-9(6-12)3-5-10;/h2-5,7-8H,6,12H2,1H3;1H. The van der Waals surface area contributed by atoms with Crippen molar-refractivity contribution in [3.05, 3.63) is 42.2 Å². The van der Waals surface area contributed by atoms with Crippen molar-refractivity contribution in [1.29, 1.82) is 0 Å². The molecule has 2 rings (SSSR count). The first-order valence-corrected chi connectivity index (χ1v) is 4.57. The van der Waals surface area contributed by atoms with E-state index in [1.54, 1.807) is 4.68 Å². The molecule has 80 valence electrons. The molecule has 0 saturated heterocycles. The maximum atomic E-state index is 5.53. The molecular formula is C11H14ClN3. The normalized spacial score (nSPS) is 9.73. The van der Waals surface area contributed by atoms with E-state index in [-0.39, 0.29) is 12.4 Å². The number of halogens is 1. The van der Waals surface area contributed by atoms with Gasteiger partial charge in [-0.2, -0.15) is 5.10 Å². The first-order chi connectivity index (χ1) is 6.79. The molecule has 4 heteroatoms. The summed E-state index contributed by atoms with van der Waals surface area (Å²) in [5.74, 6) is 0. The average Bonchev–Trinajstić information content (AvgIpc) is 2.65. The van der Waals surface area contributed by atoms with Gasteiger partial charge in [0.05, 0.1) is 6.20 Å². The van der Waals surface area contributed by atoms with E-state index in [4.69, 9.17) is 5.73 Å². The maximum absolute atomic E-state index is 5.53. The second-order valence-electron chi connectivity index (χ2n) is 3.30. The highest BCUT2D eigenvalue weighted by molar-refractivity contribution is 5.85. The third-order valence-corrected chi connectivity index (χ3v) is 2.23. The van der Waals surface area contributed by atoms with Crippen LogP contribution in [0.3, 0.4) is 0 Å². The van der Waals surface area contributed by atoms with Crippen LogP contribution < -0.4 is 5.73 Å². The quantitative estimate of drug-likeness (QED) is 0.846. The van der Waals surface area contributed by atoms with Crippen molar-refractivity contribution < 1.29 is 0 Å². The Balaban J connectivity index is 0.00000112. The zero-order valence-corrected chi connectivity index (χ0v) is 9.37. The van der Waals surface area contributed by atoms with Crippen LogP contribution in [0.1, 0.15) is 5.56 Å². The van der Waals surface area contributed by atoms with Gasteiger partial charge in [0, 0.05) is 25.4 Å². The lowest BCUT2D eigenvalue weighted by Crippen LogP contribution is -1.94. The lowest BCUT2D eigenvalue weighted by atomic mass is 10.1. The van der Waals surface area contributed by atoms with Crippen LogP contribution in [0.4, 0.5) is 0 Å². The van der Waals surface area contributed by atoms with Gasteiger partial charge in [-0.15, -0.1) is 12.4 Å². The highest BCUT2D eigenvalue weighted by Gasteiger charge is 1.99.